The highest BCUT2D eigenvalue weighted by molar-refractivity contribution is 5.94. The van der Waals surface area contributed by atoms with Gasteiger partial charge >= 0.3 is 6.18 Å². The van der Waals surface area contributed by atoms with Gasteiger partial charge in [0.2, 0.25) is 0 Å². The number of aromatic nitrogens is 3. The van der Waals surface area contributed by atoms with Gasteiger partial charge in [-0.1, -0.05) is 48.5 Å². The van der Waals surface area contributed by atoms with Crippen molar-refractivity contribution in [3.8, 4) is 11.1 Å². The maximum atomic E-state index is 13.7. The molecular formula is C23H19F3N4O2. The summed E-state index contributed by atoms with van der Waals surface area (Å²) in [5.41, 5.74) is -0.630. The predicted octanol–water partition coefficient (Wildman–Crippen LogP) is 3.99. The Morgan fingerprint density at radius 2 is 1.69 bits per heavy atom. The fraction of sp³-hybridized carbons (Fsp3) is 0.174. The number of carbonyl (C=O) groups is 1. The van der Waals surface area contributed by atoms with E-state index >= 15 is 0 Å². The topological polar surface area (TPSA) is 79.3 Å². The number of halogens is 3. The first-order valence-corrected chi connectivity index (χ1v) is 9.87. The van der Waals surface area contributed by atoms with Crippen LogP contribution in [-0.4, -0.2) is 27.0 Å². The van der Waals surface area contributed by atoms with E-state index in [4.69, 9.17) is 0 Å². The van der Waals surface area contributed by atoms with E-state index in [2.05, 4.69) is 15.4 Å². The van der Waals surface area contributed by atoms with Gasteiger partial charge < -0.3 is 5.32 Å². The summed E-state index contributed by atoms with van der Waals surface area (Å²) >= 11 is 0. The molecule has 2 heterocycles. The Morgan fingerprint density at radius 1 is 1.06 bits per heavy atom. The third kappa shape index (κ3) is 4.01. The molecular weight excluding hydrogens is 421 g/mol. The lowest BCUT2D eigenvalue weighted by Crippen LogP contribution is -2.29. The monoisotopic (exact) mass is 440 g/mol. The molecule has 0 unspecified atom stereocenters. The van der Waals surface area contributed by atoms with Crippen LogP contribution in [0.4, 0.5) is 13.2 Å². The van der Waals surface area contributed by atoms with Crippen LogP contribution in [0.3, 0.4) is 0 Å². The molecule has 2 N–H and O–H groups in total. The quantitative estimate of drug-likeness (QED) is 0.493. The number of amides is 1. The number of rotatable bonds is 5. The molecule has 0 radical (unpaired) electrons. The van der Waals surface area contributed by atoms with Crippen molar-refractivity contribution in [2.24, 2.45) is 0 Å². The summed E-state index contributed by atoms with van der Waals surface area (Å²) in [6.45, 7) is 1.71. The molecule has 0 aliphatic heterocycles. The van der Waals surface area contributed by atoms with Gasteiger partial charge in [-0.3, -0.25) is 14.7 Å². The Kier molecular flexibility index (Phi) is 5.56. The Hall–Kier alpha value is -3.88. The van der Waals surface area contributed by atoms with Gasteiger partial charge in [0.25, 0.3) is 11.5 Å². The van der Waals surface area contributed by atoms with Gasteiger partial charge in [-0.05, 0) is 31.0 Å². The van der Waals surface area contributed by atoms with E-state index in [-0.39, 0.29) is 35.6 Å². The number of nitrogens with one attached hydrogen (secondary N) is 2. The molecule has 164 valence electrons. The minimum Gasteiger partial charge on any atom is -0.352 e. The van der Waals surface area contributed by atoms with Gasteiger partial charge in [-0.25, -0.2) is 9.50 Å². The maximum absolute atomic E-state index is 13.7. The molecule has 0 aliphatic rings. The molecule has 0 spiro atoms. The van der Waals surface area contributed by atoms with Crippen molar-refractivity contribution in [3.05, 3.63) is 93.5 Å². The molecule has 4 rings (SSSR count). The van der Waals surface area contributed by atoms with E-state index in [0.717, 1.165) is 4.52 Å². The smallest absolute Gasteiger partial charge is 0.352 e. The summed E-state index contributed by atoms with van der Waals surface area (Å²) < 4.78 is 42.0. The molecule has 9 heteroatoms. The number of fused-ring (bicyclic) bond motifs is 1. The van der Waals surface area contributed by atoms with Gasteiger partial charge in [0.1, 0.15) is 5.69 Å². The standard InChI is InChI=1S/C23H19F3N4O2/c1-14-17(12-13-27-21(31)16-10-6-3-7-11-16)22(32)30-20(28-14)18(15-8-4-2-5-9-15)19(29-30)23(24,25)26/h2-11,29H,12-13H2,1H3,(H,27,31). The molecule has 4 aromatic rings. The highest BCUT2D eigenvalue weighted by Gasteiger charge is 2.38. The van der Waals surface area contributed by atoms with Crippen LogP contribution in [0.5, 0.6) is 0 Å². The summed E-state index contributed by atoms with van der Waals surface area (Å²) in [6, 6.07) is 16.6. The molecule has 0 saturated carbocycles. The lowest BCUT2D eigenvalue weighted by atomic mass is 10.1. The largest absolute Gasteiger partial charge is 0.433 e. The Labute approximate surface area is 180 Å². The van der Waals surface area contributed by atoms with Gasteiger partial charge in [0.05, 0.1) is 5.56 Å². The van der Waals surface area contributed by atoms with E-state index in [9.17, 15) is 22.8 Å². The number of hydrogen-bond donors (Lipinski definition) is 2. The molecule has 2 aromatic heterocycles. The number of aromatic amines is 1. The Balaban J connectivity index is 1.71. The van der Waals surface area contributed by atoms with Crippen LogP contribution in [0.25, 0.3) is 16.8 Å². The molecule has 0 atom stereocenters. The lowest BCUT2D eigenvalue weighted by molar-refractivity contribution is -0.140. The SMILES string of the molecule is Cc1nc2c(-c3ccccc3)c(C(F)(F)F)[nH]n2c(=O)c1CCNC(=O)c1ccccc1. The first-order chi connectivity index (χ1) is 15.3. The second kappa shape index (κ2) is 8.33. The fourth-order valence-corrected chi connectivity index (χ4v) is 3.58. The molecule has 1 amide bonds. The zero-order chi connectivity index (χ0) is 22.9. The molecule has 0 fully saturated rings. The van der Waals surface area contributed by atoms with Crippen molar-refractivity contribution in [1.29, 1.82) is 0 Å². The van der Waals surface area contributed by atoms with Crippen molar-refractivity contribution in [2.75, 3.05) is 6.54 Å². The number of hydrogen-bond acceptors (Lipinski definition) is 3. The van der Waals surface area contributed by atoms with Gasteiger partial charge in [0, 0.05) is 23.4 Å². The molecule has 0 saturated heterocycles. The van der Waals surface area contributed by atoms with Crippen LogP contribution in [0.2, 0.25) is 0 Å². The second-order valence-electron chi connectivity index (χ2n) is 7.24. The van der Waals surface area contributed by atoms with Gasteiger partial charge in [-0.15, -0.1) is 0 Å². The Morgan fingerprint density at radius 3 is 2.31 bits per heavy atom. The molecule has 2 aromatic carbocycles. The second-order valence-corrected chi connectivity index (χ2v) is 7.24. The first-order valence-electron chi connectivity index (χ1n) is 9.87. The molecule has 32 heavy (non-hydrogen) atoms. The van der Waals surface area contributed by atoms with E-state index < -0.39 is 17.4 Å². The van der Waals surface area contributed by atoms with Crippen molar-refractivity contribution < 1.29 is 18.0 Å². The van der Waals surface area contributed by atoms with Crippen molar-refractivity contribution in [1.82, 2.24) is 19.9 Å². The van der Waals surface area contributed by atoms with Crippen molar-refractivity contribution in [2.45, 2.75) is 19.5 Å². The summed E-state index contributed by atoms with van der Waals surface area (Å²) in [7, 11) is 0. The normalized spacial score (nSPS) is 11.6. The number of nitrogens with zero attached hydrogens (tertiary/aromatic N) is 2. The minimum absolute atomic E-state index is 0.0944. The zero-order valence-corrected chi connectivity index (χ0v) is 17.0. The van der Waals surface area contributed by atoms with Crippen molar-refractivity contribution >= 4 is 11.6 Å². The average Bonchev–Trinajstić information content (AvgIpc) is 3.17. The minimum atomic E-state index is -4.71. The van der Waals surface area contributed by atoms with Gasteiger partial charge in [-0.2, -0.15) is 13.2 Å². The number of benzene rings is 2. The van der Waals surface area contributed by atoms with Gasteiger partial charge in [0.15, 0.2) is 5.65 Å². The highest BCUT2D eigenvalue weighted by Crippen LogP contribution is 2.38. The highest BCUT2D eigenvalue weighted by atomic mass is 19.4. The summed E-state index contributed by atoms with van der Waals surface area (Å²) in [5.74, 6) is -0.303. The lowest BCUT2D eigenvalue weighted by Gasteiger charge is -2.08. The summed E-state index contributed by atoms with van der Waals surface area (Å²) in [6.07, 6.45) is -4.58. The fourth-order valence-electron chi connectivity index (χ4n) is 3.58. The summed E-state index contributed by atoms with van der Waals surface area (Å²) in [4.78, 5) is 29.5. The number of alkyl halides is 3. The average molecular weight is 440 g/mol. The van der Waals surface area contributed by atoms with Crippen LogP contribution in [-0.2, 0) is 12.6 Å². The first kappa shape index (κ1) is 21.4. The van der Waals surface area contributed by atoms with Crippen LogP contribution in [0.1, 0.15) is 27.3 Å². The zero-order valence-electron chi connectivity index (χ0n) is 17.0. The van der Waals surface area contributed by atoms with Crippen molar-refractivity contribution in [3.63, 3.8) is 0 Å². The number of carbonyl (C=O) groups excluding carboxylic acids is 1. The van der Waals surface area contributed by atoms with Crippen LogP contribution >= 0.6 is 0 Å². The third-order valence-electron chi connectivity index (χ3n) is 5.12. The maximum Gasteiger partial charge on any atom is 0.433 e. The van der Waals surface area contributed by atoms with Crippen LogP contribution in [0.15, 0.2) is 65.5 Å². The molecule has 6 nitrogen and oxygen atoms in total. The summed E-state index contributed by atoms with van der Waals surface area (Å²) in [5, 5.41) is 4.90. The van der Waals surface area contributed by atoms with Crippen LogP contribution < -0.4 is 10.9 Å². The van der Waals surface area contributed by atoms with Crippen LogP contribution in [0, 0.1) is 6.92 Å². The Bertz CT molecular complexity index is 1330. The van der Waals surface area contributed by atoms with E-state index in [1.807, 2.05) is 0 Å². The molecule has 0 aliphatic carbocycles. The number of aryl methyl sites for hydroxylation is 1. The van der Waals surface area contributed by atoms with E-state index in [0.29, 0.717) is 16.8 Å². The third-order valence-corrected chi connectivity index (χ3v) is 5.12. The molecule has 0 bridgehead atoms. The predicted molar refractivity (Wildman–Crippen MR) is 113 cm³/mol. The van der Waals surface area contributed by atoms with E-state index in [1.54, 1.807) is 55.5 Å². The van der Waals surface area contributed by atoms with E-state index in [1.165, 1.54) is 12.1 Å². The number of H-pyrrole nitrogens is 1.